The molecule has 0 fully saturated rings. The van der Waals surface area contributed by atoms with Crippen LogP contribution in [-0.2, 0) is 6.54 Å². The smallest absolute Gasteiger partial charge is 0.0705 e. The minimum atomic E-state index is 0.548. The van der Waals surface area contributed by atoms with Gasteiger partial charge in [0.1, 0.15) is 0 Å². The summed E-state index contributed by atoms with van der Waals surface area (Å²) in [5, 5.41) is 0. The fourth-order valence-corrected chi connectivity index (χ4v) is 1.47. The van der Waals surface area contributed by atoms with E-state index in [2.05, 4.69) is 4.98 Å². The molecule has 2 aromatic rings. The zero-order valence-corrected chi connectivity index (χ0v) is 7.85. The first-order valence-electron chi connectivity index (χ1n) is 4.61. The number of hydrogen-bond donors (Lipinski definition) is 1. The molecule has 1 heterocycles. The van der Waals surface area contributed by atoms with E-state index >= 15 is 0 Å². The average Bonchev–Trinajstić information content (AvgIpc) is 2.30. The van der Waals surface area contributed by atoms with Crippen LogP contribution in [-0.4, -0.2) is 4.98 Å². The number of hydrogen-bond acceptors (Lipinski definition) is 2. The van der Waals surface area contributed by atoms with Crippen molar-refractivity contribution in [3.05, 3.63) is 54.2 Å². The molecule has 2 rings (SSSR count). The summed E-state index contributed by atoms with van der Waals surface area (Å²) in [5.41, 5.74) is 8.89. The van der Waals surface area contributed by atoms with Gasteiger partial charge >= 0.3 is 0 Å². The van der Waals surface area contributed by atoms with Crippen molar-refractivity contribution in [2.24, 2.45) is 5.73 Å². The molecule has 0 aliphatic heterocycles. The van der Waals surface area contributed by atoms with Gasteiger partial charge in [-0.1, -0.05) is 30.3 Å². The maximum Gasteiger partial charge on any atom is 0.0705 e. The Morgan fingerprint density at radius 2 is 1.79 bits per heavy atom. The van der Waals surface area contributed by atoms with Gasteiger partial charge in [0.15, 0.2) is 0 Å². The van der Waals surface area contributed by atoms with Crippen LogP contribution < -0.4 is 5.73 Å². The minimum Gasteiger partial charge on any atom is -0.326 e. The SMILES string of the molecule is NCc1ccccc1-c1ccccn1. The van der Waals surface area contributed by atoms with Crippen LogP contribution in [0.1, 0.15) is 5.56 Å². The normalized spacial score (nSPS) is 10.1. The molecule has 0 saturated carbocycles. The Bertz CT molecular complexity index is 410. The van der Waals surface area contributed by atoms with Crippen molar-refractivity contribution in [2.75, 3.05) is 0 Å². The molecule has 14 heavy (non-hydrogen) atoms. The summed E-state index contributed by atoms with van der Waals surface area (Å²) in [4.78, 5) is 4.30. The van der Waals surface area contributed by atoms with E-state index in [9.17, 15) is 0 Å². The number of aromatic nitrogens is 1. The molecule has 0 radical (unpaired) electrons. The molecule has 0 bridgehead atoms. The summed E-state index contributed by atoms with van der Waals surface area (Å²) in [6.45, 7) is 0.548. The van der Waals surface area contributed by atoms with Crippen LogP contribution in [0.15, 0.2) is 48.7 Å². The number of rotatable bonds is 2. The molecule has 0 amide bonds. The van der Waals surface area contributed by atoms with E-state index in [-0.39, 0.29) is 0 Å². The number of benzene rings is 1. The first kappa shape index (κ1) is 8.91. The lowest BCUT2D eigenvalue weighted by atomic mass is 10.0. The quantitative estimate of drug-likeness (QED) is 0.777. The zero-order valence-electron chi connectivity index (χ0n) is 7.85. The molecule has 2 nitrogen and oxygen atoms in total. The Balaban J connectivity index is 2.51. The van der Waals surface area contributed by atoms with E-state index in [1.807, 2.05) is 42.5 Å². The van der Waals surface area contributed by atoms with Crippen LogP contribution in [0.3, 0.4) is 0 Å². The fraction of sp³-hybridized carbons (Fsp3) is 0.0833. The van der Waals surface area contributed by atoms with Gasteiger partial charge < -0.3 is 5.73 Å². The Kier molecular flexibility index (Phi) is 2.56. The molecule has 70 valence electrons. The lowest BCUT2D eigenvalue weighted by Gasteiger charge is -2.05. The van der Waals surface area contributed by atoms with Crippen LogP contribution >= 0.6 is 0 Å². The molecule has 0 unspecified atom stereocenters. The van der Waals surface area contributed by atoms with Crippen molar-refractivity contribution in [2.45, 2.75) is 6.54 Å². The first-order valence-corrected chi connectivity index (χ1v) is 4.61. The van der Waals surface area contributed by atoms with Crippen molar-refractivity contribution in [1.29, 1.82) is 0 Å². The van der Waals surface area contributed by atoms with E-state index in [4.69, 9.17) is 5.73 Å². The molecular weight excluding hydrogens is 172 g/mol. The highest BCUT2D eigenvalue weighted by Gasteiger charge is 2.02. The highest BCUT2D eigenvalue weighted by molar-refractivity contribution is 5.63. The second-order valence-corrected chi connectivity index (χ2v) is 3.08. The molecule has 2 N–H and O–H groups in total. The van der Waals surface area contributed by atoms with Gasteiger partial charge in [0, 0.05) is 18.3 Å². The van der Waals surface area contributed by atoms with E-state index in [0.717, 1.165) is 16.8 Å². The molecular formula is C12H12N2. The summed E-state index contributed by atoms with van der Waals surface area (Å²) >= 11 is 0. The minimum absolute atomic E-state index is 0.548. The van der Waals surface area contributed by atoms with Crippen molar-refractivity contribution < 1.29 is 0 Å². The summed E-state index contributed by atoms with van der Waals surface area (Å²) in [5.74, 6) is 0. The predicted molar refractivity (Wildman–Crippen MR) is 57.6 cm³/mol. The summed E-state index contributed by atoms with van der Waals surface area (Å²) < 4.78 is 0. The van der Waals surface area contributed by atoms with Crippen LogP contribution in [0.5, 0.6) is 0 Å². The van der Waals surface area contributed by atoms with Crippen molar-refractivity contribution in [3.8, 4) is 11.3 Å². The number of nitrogens with zero attached hydrogens (tertiary/aromatic N) is 1. The Morgan fingerprint density at radius 1 is 1.00 bits per heavy atom. The van der Waals surface area contributed by atoms with Crippen LogP contribution in [0.2, 0.25) is 0 Å². The molecule has 2 heteroatoms. The maximum atomic E-state index is 5.66. The van der Waals surface area contributed by atoms with Crippen molar-refractivity contribution in [3.63, 3.8) is 0 Å². The second-order valence-electron chi connectivity index (χ2n) is 3.08. The zero-order chi connectivity index (χ0) is 9.80. The molecule has 0 spiro atoms. The highest BCUT2D eigenvalue weighted by Crippen LogP contribution is 2.20. The summed E-state index contributed by atoms with van der Waals surface area (Å²) in [6, 6.07) is 14.0. The first-order chi connectivity index (χ1) is 6.92. The van der Waals surface area contributed by atoms with Gasteiger partial charge in [0.2, 0.25) is 0 Å². The fourth-order valence-electron chi connectivity index (χ4n) is 1.47. The second kappa shape index (κ2) is 4.03. The molecule has 0 saturated heterocycles. The molecule has 0 aliphatic rings. The monoisotopic (exact) mass is 184 g/mol. The van der Waals surface area contributed by atoms with E-state index in [1.54, 1.807) is 6.20 Å². The highest BCUT2D eigenvalue weighted by atomic mass is 14.7. The third-order valence-corrected chi connectivity index (χ3v) is 2.18. The molecule has 1 aromatic carbocycles. The molecule has 1 aromatic heterocycles. The lowest BCUT2D eigenvalue weighted by Crippen LogP contribution is -1.99. The Hall–Kier alpha value is -1.67. The Morgan fingerprint density at radius 3 is 2.50 bits per heavy atom. The van der Waals surface area contributed by atoms with E-state index in [1.165, 1.54) is 0 Å². The van der Waals surface area contributed by atoms with Gasteiger partial charge in [0.05, 0.1) is 5.69 Å². The largest absolute Gasteiger partial charge is 0.326 e. The van der Waals surface area contributed by atoms with Gasteiger partial charge in [-0.15, -0.1) is 0 Å². The van der Waals surface area contributed by atoms with Gasteiger partial charge in [-0.05, 0) is 17.7 Å². The van der Waals surface area contributed by atoms with Gasteiger partial charge in [-0.25, -0.2) is 0 Å². The lowest BCUT2D eigenvalue weighted by molar-refractivity contribution is 1.07. The van der Waals surface area contributed by atoms with Crippen LogP contribution in [0.4, 0.5) is 0 Å². The summed E-state index contributed by atoms with van der Waals surface area (Å²) in [6.07, 6.45) is 1.79. The predicted octanol–water partition coefficient (Wildman–Crippen LogP) is 2.21. The number of nitrogens with two attached hydrogens (primary N) is 1. The third kappa shape index (κ3) is 1.65. The molecule has 0 atom stereocenters. The van der Waals surface area contributed by atoms with Crippen molar-refractivity contribution in [1.82, 2.24) is 4.98 Å². The Labute approximate surface area is 83.4 Å². The van der Waals surface area contributed by atoms with E-state index in [0.29, 0.717) is 6.54 Å². The van der Waals surface area contributed by atoms with Crippen LogP contribution in [0.25, 0.3) is 11.3 Å². The standard InChI is InChI=1S/C12H12N2/c13-9-10-5-1-2-6-11(10)12-7-3-4-8-14-12/h1-8H,9,13H2. The topological polar surface area (TPSA) is 38.9 Å². The van der Waals surface area contributed by atoms with E-state index < -0.39 is 0 Å². The van der Waals surface area contributed by atoms with Gasteiger partial charge in [-0.3, -0.25) is 4.98 Å². The van der Waals surface area contributed by atoms with Gasteiger partial charge in [0.25, 0.3) is 0 Å². The summed E-state index contributed by atoms with van der Waals surface area (Å²) in [7, 11) is 0. The average molecular weight is 184 g/mol. The third-order valence-electron chi connectivity index (χ3n) is 2.18. The van der Waals surface area contributed by atoms with Gasteiger partial charge in [-0.2, -0.15) is 0 Å². The van der Waals surface area contributed by atoms with Crippen LogP contribution in [0, 0.1) is 0 Å². The molecule has 0 aliphatic carbocycles. The van der Waals surface area contributed by atoms with Crippen molar-refractivity contribution >= 4 is 0 Å². The number of pyridine rings is 1. The maximum absolute atomic E-state index is 5.66.